The molecule has 1 aliphatic carbocycles. The minimum absolute atomic E-state index is 0.0196. The van der Waals surface area contributed by atoms with E-state index in [9.17, 15) is 9.59 Å². The van der Waals surface area contributed by atoms with Crippen molar-refractivity contribution < 1.29 is 14.3 Å². The lowest BCUT2D eigenvalue weighted by Crippen LogP contribution is -2.56. The van der Waals surface area contributed by atoms with Gasteiger partial charge >= 0.3 is 0 Å². The number of rotatable bonds is 6. The summed E-state index contributed by atoms with van der Waals surface area (Å²) in [7, 11) is 4.17. The zero-order chi connectivity index (χ0) is 20.1. The third-order valence-electron chi connectivity index (χ3n) is 6.13. The molecule has 3 rings (SSSR count). The number of hydrogen-bond acceptors (Lipinski definition) is 4. The molecule has 3 unspecified atom stereocenters. The Morgan fingerprint density at radius 2 is 1.96 bits per heavy atom. The van der Waals surface area contributed by atoms with Gasteiger partial charge in [-0.2, -0.15) is 0 Å². The van der Waals surface area contributed by atoms with Crippen molar-refractivity contribution in [1.29, 1.82) is 0 Å². The van der Waals surface area contributed by atoms with Gasteiger partial charge in [-0.25, -0.2) is 0 Å². The van der Waals surface area contributed by atoms with E-state index in [2.05, 4.69) is 29.6 Å². The van der Waals surface area contributed by atoms with E-state index in [4.69, 9.17) is 4.74 Å². The van der Waals surface area contributed by atoms with Gasteiger partial charge in [0, 0.05) is 37.7 Å². The number of amides is 2. The van der Waals surface area contributed by atoms with E-state index in [1.54, 1.807) is 0 Å². The highest BCUT2D eigenvalue weighted by Gasteiger charge is 2.44. The van der Waals surface area contributed by atoms with Crippen molar-refractivity contribution >= 4 is 11.8 Å². The van der Waals surface area contributed by atoms with Crippen LogP contribution in [-0.4, -0.2) is 61.6 Å². The number of nitrogens with one attached hydrogen (secondary N) is 2. The van der Waals surface area contributed by atoms with Crippen LogP contribution >= 0.6 is 0 Å². The van der Waals surface area contributed by atoms with Gasteiger partial charge in [-0.15, -0.1) is 0 Å². The Labute approximate surface area is 168 Å². The number of ether oxygens (including phenoxy) is 1. The highest BCUT2D eigenvalue weighted by atomic mass is 16.5. The van der Waals surface area contributed by atoms with E-state index in [0.29, 0.717) is 12.1 Å². The molecule has 28 heavy (non-hydrogen) atoms. The van der Waals surface area contributed by atoms with Gasteiger partial charge in [0.05, 0.1) is 5.60 Å². The first kappa shape index (κ1) is 20.8. The van der Waals surface area contributed by atoms with Gasteiger partial charge in [-0.1, -0.05) is 12.1 Å². The summed E-state index contributed by atoms with van der Waals surface area (Å²) in [6.45, 7) is 2.99. The van der Waals surface area contributed by atoms with Crippen LogP contribution in [0.2, 0.25) is 0 Å². The number of benzene rings is 1. The molecule has 154 valence electrons. The van der Waals surface area contributed by atoms with Gasteiger partial charge in [-0.3, -0.25) is 9.59 Å². The van der Waals surface area contributed by atoms with E-state index in [1.807, 2.05) is 24.3 Å². The minimum Gasteiger partial charge on any atom is -0.375 e. The lowest BCUT2D eigenvalue weighted by molar-refractivity contribution is -0.118. The molecule has 2 amide bonds. The quantitative estimate of drug-likeness (QED) is 0.785. The zero-order valence-corrected chi connectivity index (χ0v) is 17.3. The Kier molecular flexibility index (Phi) is 6.73. The summed E-state index contributed by atoms with van der Waals surface area (Å²) in [6, 6.07) is 8.08. The molecule has 6 heteroatoms. The first-order valence-electron chi connectivity index (χ1n) is 10.3. The summed E-state index contributed by atoms with van der Waals surface area (Å²) < 4.78 is 6.09. The van der Waals surface area contributed by atoms with E-state index in [-0.39, 0.29) is 29.5 Å². The van der Waals surface area contributed by atoms with Gasteiger partial charge in [0.15, 0.2) is 0 Å². The maximum Gasteiger partial charge on any atom is 0.251 e. The zero-order valence-electron chi connectivity index (χ0n) is 17.3. The molecule has 0 aromatic heterocycles. The van der Waals surface area contributed by atoms with Crippen LogP contribution in [0.15, 0.2) is 24.3 Å². The molecule has 1 aliphatic heterocycles. The van der Waals surface area contributed by atoms with Crippen LogP contribution in [0.5, 0.6) is 0 Å². The molecule has 1 spiro atoms. The highest BCUT2D eigenvalue weighted by Crippen LogP contribution is 2.40. The van der Waals surface area contributed by atoms with Gasteiger partial charge in [0.1, 0.15) is 0 Å². The number of nitrogens with zero attached hydrogens (tertiary/aromatic N) is 1. The molecule has 1 saturated carbocycles. The number of likely N-dealkylation sites (N-methyl/N-ethyl adjacent to an activating group) is 1. The van der Waals surface area contributed by atoms with Crippen molar-refractivity contribution in [2.24, 2.45) is 0 Å². The van der Waals surface area contributed by atoms with Gasteiger partial charge < -0.3 is 20.3 Å². The molecule has 1 aromatic carbocycles. The third-order valence-corrected chi connectivity index (χ3v) is 6.13. The van der Waals surface area contributed by atoms with Crippen molar-refractivity contribution in [3.8, 4) is 0 Å². The summed E-state index contributed by atoms with van der Waals surface area (Å²) in [5.41, 5.74) is 1.80. The van der Waals surface area contributed by atoms with Crippen LogP contribution in [0.4, 0.5) is 0 Å². The molecule has 2 N–H and O–H groups in total. The lowest BCUT2D eigenvalue weighted by atomic mass is 9.77. The third kappa shape index (κ3) is 5.11. The second-order valence-electron chi connectivity index (χ2n) is 8.42. The fourth-order valence-corrected chi connectivity index (χ4v) is 4.52. The number of carbonyl (C=O) groups is 2. The first-order chi connectivity index (χ1) is 13.4. The van der Waals surface area contributed by atoms with Gasteiger partial charge in [0.25, 0.3) is 5.91 Å². The van der Waals surface area contributed by atoms with Crippen LogP contribution in [0.25, 0.3) is 0 Å². The molecule has 1 saturated heterocycles. The standard InChI is InChI=1S/C22H33N3O3/c1-16(26)23-13-10-17-5-7-18(8-6-17)21(27)24-19-9-12-22(11-4-14-28-22)15-20(19)25(2)3/h5-8,19-20H,4,9-15H2,1-3H3,(H,23,26)(H,24,27). The smallest absolute Gasteiger partial charge is 0.251 e. The van der Waals surface area contributed by atoms with E-state index < -0.39 is 0 Å². The van der Waals surface area contributed by atoms with Crippen molar-refractivity contribution in [3.63, 3.8) is 0 Å². The SMILES string of the molecule is CC(=O)NCCc1ccc(C(=O)NC2CCC3(CCCO3)CC2N(C)C)cc1. The molecule has 0 bridgehead atoms. The fraction of sp³-hybridized carbons (Fsp3) is 0.636. The monoisotopic (exact) mass is 387 g/mol. The van der Waals surface area contributed by atoms with Crippen molar-refractivity contribution in [2.45, 2.75) is 63.1 Å². The second-order valence-corrected chi connectivity index (χ2v) is 8.42. The van der Waals surface area contributed by atoms with Gasteiger partial charge in [-0.05, 0) is 70.3 Å². The topological polar surface area (TPSA) is 70.7 Å². The Bertz CT molecular complexity index is 681. The van der Waals surface area contributed by atoms with Crippen LogP contribution in [0.1, 0.15) is 54.9 Å². The number of carbonyl (C=O) groups excluding carboxylic acids is 2. The summed E-state index contributed by atoms with van der Waals surface area (Å²) in [6.07, 6.45) is 5.99. The summed E-state index contributed by atoms with van der Waals surface area (Å²) in [5, 5.41) is 6.05. The summed E-state index contributed by atoms with van der Waals surface area (Å²) in [4.78, 5) is 26.0. The molecule has 1 aromatic rings. The number of hydrogen-bond donors (Lipinski definition) is 2. The minimum atomic E-state index is -0.0243. The van der Waals surface area contributed by atoms with Crippen LogP contribution in [0, 0.1) is 0 Å². The Morgan fingerprint density at radius 1 is 1.21 bits per heavy atom. The fourth-order valence-electron chi connectivity index (χ4n) is 4.52. The molecule has 3 atom stereocenters. The Balaban J connectivity index is 1.57. The average Bonchev–Trinajstić information content (AvgIpc) is 3.11. The maximum absolute atomic E-state index is 12.8. The van der Waals surface area contributed by atoms with E-state index in [1.165, 1.54) is 6.92 Å². The molecule has 1 heterocycles. The van der Waals surface area contributed by atoms with Crippen molar-refractivity contribution in [3.05, 3.63) is 35.4 Å². The van der Waals surface area contributed by atoms with Crippen molar-refractivity contribution in [2.75, 3.05) is 27.2 Å². The molecular formula is C22H33N3O3. The van der Waals surface area contributed by atoms with Crippen molar-refractivity contribution in [1.82, 2.24) is 15.5 Å². The second kappa shape index (κ2) is 9.05. The van der Waals surface area contributed by atoms with Crippen LogP contribution in [0.3, 0.4) is 0 Å². The lowest BCUT2D eigenvalue weighted by Gasteiger charge is -2.45. The predicted molar refractivity (Wildman–Crippen MR) is 109 cm³/mol. The van der Waals surface area contributed by atoms with Gasteiger partial charge in [0.2, 0.25) is 5.91 Å². The Hall–Kier alpha value is -1.92. The van der Waals surface area contributed by atoms with Crippen LogP contribution < -0.4 is 10.6 Å². The first-order valence-corrected chi connectivity index (χ1v) is 10.3. The molecule has 0 radical (unpaired) electrons. The predicted octanol–water partition coefficient (Wildman–Crippen LogP) is 2.13. The summed E-state index contributed by atoms with van der Waals surface area (Å²) in [5.74, 6) is -0.0442. The molecule has 6 nitrogen and oxygen atoms in total. The largest absolute Gasteiger partial charge is 0.375 e. The van der Waals surface area contributed by atoms with Crippen LogP contribution in [-0.2, 0) is 16.0 Å². The molecule has 2 aliphatic rings. The van der Waals surface area contributed by atoms with E-state index >= 15 is 0 Å². The normalized spacial score (nSPS) is 27.1. The Morgan fingerprint density at radius 3 is 2.57 bits per heavy atom. The molecule has 2 fully saturated rings. The maximum atomic E-state index is 12.8. The molecular weight excluding hydrogens is 354 g/mol. The average molecular weight is 388 g/mol. The highest BCUT2D eigenvalue weighted by molar-refractivity contribution is 5.94. The van der Waals surface area contributed by atoms with E-state index in [0.717, 1.165) is 50.7 Å². The summed E-state index contributed by atoms with van der Waals surface area (Å²) >= 11 is 0.